The number of carbonyl (C=O) groups excluding carboxylic acids is 1. The summed E-state index contributed by atoms with van der Waals surface area (Å²) in [5, 5.41) is 17.0. The quantitative estimate of drug-likeness (QED) is 0.905. The number of aliphatic carboxylic acids is 1. The van der Waals surface area contributed by atoms with Gasteiger partial charge in [-0.1, -0.05) is 22.9 Å². The average molecular weight is 314 g/mol. The summed E-state index contributed by atoms with van der Waals surface area (Å²) in [6.07, 6.45) is 1.67. The van der Waals surface area contributed by atoms with Crippen molar-refractivity contribution in [2.24, 2.45) is 0 Å². The summed E-state index contributed by atoms with van der Waals surface area (Å²) >= 11 is 0. The van der Waals surface area contributed by atoms with Gasteiger partial charge in [0.05, 0.1) is 11.4 Å². The lowest BCUT2D eigenvalue weighted by Crippen LogP contribution is -2.38. The van der Waals surface area contributed by atoms with Gasteiger partial charge in [-0.15, -0.1) is 5.10 Å². The lowest BCUT2D eigenvalue weighted by molar-refractivity contribution is -0.137. The molecular weight excluding hydrogens is 296 g/mol. The predicted octanol–water partition coefficient (Wildman–Crippen LogP) is 1.57. The molecule has 0 aliphatic heterocycles. The van der Waals surface area contributed by atoms with Crippen molar-refractivity contribution in [1.82, 2.24) is 19.9 Å². The zero-order valence-electron chi connectivity index (χ0n) is 13.1. The van der Waals surface area contributed by atoms with E-state index in [2.05, 4.69) is 10.3 Å². The number of aryl methyl sites for hydroxylation is 1. The molecule has 1 heterocycles. The van der Waals surface area contributed by atoms with Gasteiger partial charge < -0.3 is 10.0 Å². The minimum absolute atomic E-state index is 0.00234. The Bertz CT molecular complexity index is 747. The van der Waals surface area contributed by atoms with Crippen molar-refractivity contribution in [3.8, 4) is 5.69 Å². The van der Waals surface area contributed by atoms with Gasteiger partial charge in [-0.25, -0.2) is 4.68 Å². The minimum Gasteiger partial charge on any atom is -0.480 e. The van der Waals surface area contributed by atoms with Crippen LogP contribution in [0.2, 0.25) is 0 Å². The Kier molecular flexibility index (Phi) is 3.85. The molecule has 0 unspecified atom stereocenters. The van der Waals surface area contributed by atoms with Crippen LogP contribution in [0.5, 0.6) is 0 Å². The molecule has 1 aliphatic rings. The highest BCUT2D eigenvalue weighted by Crippen LogP contribution is 2.28. The zero-order chi connectivity index (χ0) is 16.6. The summed E-state index contributed by atoms with van der Waals surface area (Å²) in [5.41, 5.74) is 2.76. The molecule has 0 spiro atoms. The first-order valence-corrected chi connectivity index (χ1v) is 7.49. The van der Waals surface area contributed by atoms with Gasteiger partial charge >= 0.3 is 5.97 Å². The second kappa shape index (κ2) is 5.83. The number of aromatic nitrogens is 3. The Balaban J connectivity index is 1.90. The highest BCUT2D eigenvalue weighted by atomic mass is 16.4. The number of hydrogen-bond acceptors (Lipinski definition) is 4. The molecule has 1 fully saturated rings. The minimum atomic E-state index is -1.02. The second-order valence-corrected chi connectivity index (χ2v) is 5.83. The first-order valence-electron chi connectivity index (χ1n) is 7.49. The fourth-order valence-electron chi connectivity index (χ4n) is 2.49. The molecule has 1 aromatic heterocycles. The molecule has 0 bridgehead atoms. The van der Waals surface area contributed by atoms with Crippen LogP contribution in [-0.2, 0) is 4.79 Å². The SMILES string of the molecule is Cc1ccc(-n2nnc(C(=O)N(CC(=O)O)C3CC3)c2C)cc1. The van der Waals surface area contributed by atoms with E-state index in [1.807, 2.05) is 31.2 Å². The van der Waals surface area contributed by atoms with Gasteiger partial charge in [-0.05, 0) is 38.8 Å². The lowest BCUT2D eigenvalue weighted by Gasteiger charge is -2.19. The summed E-state index contributed by atoms with van der Waals surface area (Å²) in [6, 6.07) is 7.72. The second-order valence-electron chi connectivity index (χ2n) is 5.83. The molecule has 0 radical (unpaired) electrons. The maximum atomic E-state index is 12.6. The molecule has 2 aromatic rings. The van der Waals surface area contributed by atoms with Gasteiger partial charge in [0.25, 0.3) is 5.91 Å². The monoisotopic (exact) mass is 314 g/mol. The van der Waals surface area contributed by atoms with Gasteiger partial charge in [0.2, 0.25) is 0 Å². The van der Waals surface area contributed by atoms with E-state index in [1.165, 1.54) is 4.90 Å². The fourth-order valence-corrected chi connectivity index (χ4v) is 2.49. The molecule has 1 saturated carbocycles. The molecule has 120 valence electrons. The zero-order valence-corrected chi connectivity index (χ0v) is 13.1. The Morgan fingerprint density at radius 1 is 1.26 bits per heavy atom. The first kappa shape index (κ1) is 15.2. The molecule has 23 heavy (non-hydrogen) atoms. The fraction of sp³-hybridized carbons (Fsp3) is 0.375. The third-order valence-electron chi connectivity index (χ3n) is 3.93. The predicted molar refractivity (Wildman–Crippen MR) is 82.5 cm³/mol. The van der Waals surface area contributed by atoms with Crippen LogP contribution in [0, 0.1) is 13.8 Å². The van der Waals surface area contributed by atoms with Crippen LogP contribution in [0.3, 0.4) is 0 Å². The number of benzene rings is 1. The highest BCUT2D eigenvalue weighted by molar-refractivity contribution is 5.95. The molecule has 1 N–H and O–H groups in total. The number of amides is 1. The van der Waals surface area contributed by atoms with Crippen molar-refractivity contribution >= 4 is 11.9 Å². The van der Waals surface area contributed by atoms with Crippen molar-refractivity contribution in [2.75, 3.05) is 6.54 Å². The van der Waals surface area contributed by atoms with Gasteiger partial charge in [-0.2, -0.15) is 0 Å². The van der Waals surface area contributed by atoms with E-state index in [0.717, 1.165) is 24.1 Å². The van der Waals surface area contributed by atoms with E-state index >= 15 is 0 Å². The summed E-state index contributed by atoms with van der Waals surface area (Å²) in [5.74, 6) is -1.39. The molecule has 1 amide bonds. The molecule has 1 aromatic carbocycles. The third-order valence-corrected chi connectivity index (χ3v) is 3.93. The maximum absolute atomic E-state index is 12.6. The number of nitrogens with zero attached hydrogens (tertiary/aromatic N) is 4. The van der Waals surface area contributed by atoms with E-state index < -0.39 is 5.97 Å². The highest BCUT2D eigenvalue weighted by Gasteiger charge is 2.36. The summed E-state index contributed by atoms with van der Waals surface area (Å²) in [7, 11) is 0. The van der Waals surface area contributed by atoms with Crippen LogP contribution in [0.4, 0.5) is 0 Å². The summed E-state index contributed by atoms with van der Waals surface area (Å²) in [6.45, 7) is 3.45. The molecule has 7 heteroatoms. The smallest absolute Gasteiger partial charge is 0.323 e. The first-order chi connectivity index (χ1) is 11.0. The van der Waals surface area contributed by atoms with E-state index in [4.69, 9.17) is 5.11 Å². The van der Waals surface area contributed by atoms with Crippen molar-refractivity contribution in [1.29, 1.82) is 0 Å². The summed E-state index contributed by atoms with van der Waals surface area (Å²) < 4.78 is 1.60. The topological polar surface area (TPSA) is 88.3 Å². The van der Waals surface area contributed by atoms with E-state index in [9.17, 15) is 9.59 Å². The standard InChI is InChI=1S/C16H18N4O3/c1-10-3-5-13(6-4-10)20-11(2)15(17-18-20)16(23)19(9-14(21)22)12-7-8-12/h3-6,12H,7-9H2,1-2H3,(H,21,22). The van der Waals surface area contributed by atoms with Crippen molar-refractivity contribution in [2.45, 2.75) is 32.7 Å². The van der Waals surface area contributed by atoms with E-state index in [-0.39, 0.29) is 24.2 Å². The Hall–Kier alpha value is -2.70. The largest absolute Gasteiger partial charge is 0.480 e. The number of rotatable bonds is 5. The number of carboxylic acids is 1. The lowest BCUT2D eigenvalue weighted by atomic mass is 10.2. The normalized spacial score (nSPS) is 13.8. The van der Waals surface area contributed by atoms with Crippen LogP contribution in [0.15, 0.2) is 24.3 Å². The average Bonchev–Trinajstić information content (AvgIpc) is 3.28. The molecular formula is C16H18N4O3. The number of carboxylic acid groups (broad SMARTS) is 1. The summed E-state index contributed by atoms with van der Waals surface area (Å²) in [4.78, 5) is 25.0. The Morgan fingerprint density at radius 3 is 2.48 bits per heavy atom. The van der Waals surface area contributed by atoms with Gasteiger partial charge in [0, 0.05) is 6.04 Å². The molecule has 7 nitrogen and oxygen atoms in total. The van der Waals surface area contributed by atoms with Crippen LogP contribution in [0.1, 0.15) is 34.6 Å². The third kappa shape index (κ3) is 3.08. The molecule has 0 atom stereocenters. The van der Waals surface area contributed by atoms with Crippen LogP contribution in [-0.4, -0.2) is 49.5 Å². The number of hydrogen-bond donors (Lipinski definition) is 1. The van der Waals surface area contributed by atoms with E-state index in [0.29, 0.717) is 5.69 Å². The van der Waals surface area contributed by atoms with Crippen LogP contribution in [0.25, 0.3) is 5.69 Å². The Labute approximate surface area is 133 Å². The number of carbonyl (C=O) groups is 2. The van der Waals surface area contributed by atoms with E-state index in [1.54, 1.807) is 11.6 Å². The van der Waals surface area contributed by atoms with Crippen molar-refractivity contribution < 1.29 is 14.7 Å². The van der Waals surface area contributed by atoms with Crippen molar-refractivity contribution in [3.63, 3.8) is 0 Å². The van der Waals surface area contributed by atoms with Crippen LogP contribution >= 0.6 is 0 Å². The molecule has 3 rings (SSSR count). The van der Waals surface area contributed by atoms with Gasteiger partial charge in [0.1, 0.15) is 6.54 Å². The molecule has 1 aliphatic carbocycles. The molecule has 0 saturated heterocycles. The van der Waals surface area contributed by atoms with Crippen molar-refractivity contribution in [3.05, 3.63) is 41.2 Å². The van der Waals surface area contributed by atoms with Gasteiger partial charge in [0.15, 0.2) is 5.69 Å². The maximum Gasteiger partial charge on any atom is 0.323 e. The van der Waals surface area contributed by atoms with Crippen LogP contribution < -0.4 is 0 Å². The Morgan fingerprint density at radius 2 is 1.91 bits per heavy atom. The van der Waals surface area contributed by atoms with Gasteiger partial charge in [-0.3, -0.25) is 9.59 Å².